The van der Waals surface area contributed by atoms with Crippen LogP contribution in [-0.4, -0.2) is 34.2 Å². The van der Waals surface area contributed by atoms with Crippen LogP contribution < -0.4 is 19.7 Å². The van der Waals surface area contributed by atoms with Crippen molar-refractivity contribution in [1.29, 1.82) is 0 Å². The van der Waals surface area contributed by atoms with Gasteiger partial charge in [0.05, 0.1) is 17.9 Å². The van der Waals surface area contributed by atoms with Crippen molar-refractivity contribution in [3.63, 3.8) is 0 Å². The number of amides is 1. The molecule has 0 radical (unpaired) electrons. The van der Waals surface area contributed by atoms with Crippen LogP contribution in [0.15, 0.2) is 53.3 Å². The van der Waals surface area contributed by atoms with Crippen LogP contribution >= 0.6 is 11.3 Å². The zero-order valence-corrected chi connectivity index (χ0v) is 18.7. The van der Waals surface area contributed by atoms with Crippen LogP contribution in [0.25, 0.3) is 21.9 Å². The Labute approximate surface area is 188 Å². The molecule has 0 fully saturated rings. The number of benzene rings is 2. The molecular formula is C24H22N4O3S. The molecule has 0 atom stereocenters. The first kappa shape index (κ1) is 20.4. The van der Waals surface area contributed by atoms with Crippen molar-refractivity contribution in [3.8, 4) is 17.1 Å². The van der Waals surface area contributed by atoms with Gasteiger partial charge in [-0.25, -0.2) is 0 Å². The first-order chi connectivity index (χ1) is 15.6. The second-order valence-corrected chi connectivity index (χ2v) is 8.68. The molecule has 1 aliphatic heterocycles. The number of nitrogens with zero attached hydrogens (tertiary/aromatic N) is 4. The summed E-state index contributed by atoms with van der Waals surface area (Å²) in [7, 11) is 1.71. The van der Waals surface area contributed by atoms with Gasteiger partial charge < -0.3 is 9.64 Å². The van der Waals surface area contributed by atoms with Gasteiger partial charge in [0.1, 0.15) is 10.3 Å². The third-order valence-corrected chi connectivity index (χ3v) is 6.60. The molecule has 0 unspecified atom stereocenters. The minimum absolute atomic E-state index is 0.192. The minimum atomic E-state index is -0.326. The quantitative estimate of drug-likeness (QED) is 0.425. The lowest BCUT2D eigenvalue weighted by atomic mass is 10.1. The standard InChI is InChI=1S/C24H22N4O3S/c1-3-4-7-14-31-16-12-10-15(11-13-16)21-25-24-28(26-21)23(30)20(32-24)19-17-8-5-6-9-18(17)27(2)22(19)29/h5-6,8-13H,3-4,7,14H2,1-2H3. The number of carbonyl (C=O) groups excluding carboxylic acids is 1. The van der Waals surface area contributed by atoms with Crippen molar-refractivity contribution in [2.75, 3.05) is 18.6 Å². The molecule has 32 heavy (non-hydrogen) atoms. The average Bonchev–Trinajstić information content (AvgIpc) is 3.44. The van der Waals surface area contributed by atoms with Crippen LogP contribution in [-0.2, 0) is 4.79 Å². The number of carbonyl (C=O) groups is 1. The van der Waals surface area contributed by atoms with Crippen molar-refractivity contribution < 1.29 is 9.53 Å². The van der Waals surface area contributed by atoms with Crippen molar-refractivity contribution in [3.05, 3.63) is 69.0 Å². The molecule has 7 nitrogen and oxygen atoms in total. The number of anilines is 1. The van der Waals surface area contributed by atoms with Gasteiger partial charge in [-0.3, -0.25) is 9.59 Å². The number of thiazole rings is 1. The second kappa shape index (κ2) is 8.20. The van der Waals surface area contributed by atoms with Gasteiger partial charge in [0.25, 0.3) is 11.5 Å². The smallest absolute Gasteiger partial charge is 0.291 e. The zero-order chi connectivity index (χ0) is 22.2. The summed E-state index contributed by atoms with van der Waals surface area (Å²) in [5, 5.41) is 4.42. The fourth-order valence-corrected chi connectivity index (χ4v) is 4.84. The summed E-state index contributed by atoms with van der Waals surface area (Å²) in [4.78, 5) is 32.5. The van der Waals surface area contributed by atoms with Crippen LogP contribution in [0.5, 0.6) is 5.75 Å². The van der Waals surface area contributed by atoms with E-state index in [0.717, 1.165) is 41.8 Å². The maximum atomic E-state index is 13.1. The number of unbranched alkanes of at least 4 members (excludes halogenated alkanes) is 2. The predicted octanol–water partition coefficient (Wildman–Crippen LogP) is 3.28. The highest BCUT2D eigenvalue weighted by molar-refractivity contribution is 7.15. The van der Waals surface area contributed by atoms with Gasteiger partial charge in [-0.1, -0.05) is 49.3 Å². The Hall–Kier alpha value is -3.52. The lowest BCUT2D eigenvalue weighted by Gasteiger charge is -2.07. The normalized spacial score (nSPS) is 14.9. The van der Waals surface area contributed by atoms with E-state index in [1.54, 1.807) is 11.9 Å². The highest BCUT2D eigenvalue weighted by Gasteiger charge is 2.31. The molecule has 162 valence electrons. The molecular weight excluding hydrogens is 424 g/mol. The summed E-state index contributed by atoms with van der Waals surface area (Å²) in [5.41, 5.74) is 2.45. The maximum absolute atomic E-state index is 13.1. The van der Waals surface area contributed by atoms with Crippen molar-refractivity contribution in [2.24, 2.45) is 0 Å². The third-order valence-electron chi connectivity index (χ3n) is 5.57. The molecule has 0 spiro atoms. The van der Waals surface area contributed by atoms with Gasteiger partial charge in [0, 0.05) is 18.2 Å². The lowest BCUT2D eigenvalue weighted by molar-refractivity contribution is -0.112. The predicted molar refractivity (Wildman–Crippen MR) is 125 cm³/mol. The van der Waals surface area contributed by atoms with E-state index in [1.165, 1.54) is 15.9 Å². The molecule has 0 saturated heterocycles. The molecule has 3 heterocycles. The highest BCUT2D eigenvalue weighted by atomic mass is 32.1. The summed E-state index contributed by atoms with van der Waals surface area (Å²) in [6.45, 7) is 2.86. The van der Waals surface area contributed by atoms with E-state index in [2.05, 4.69) is 17.0 Å². The first-order valence-corrected chi connectivity index (χ1v) is 11.4. The Balaban J connectivity index is 1.49. The second-order valence-electron chi connectivity index (χ2n) is 7.70. The largest absolute Gasteiger partial charge is 0.494 e. The number of ether oxygens (including phenoxy) is 1. The number of aromatic nitrogens is 3. The fraction of sp³-hybridized carbons (Fsp3) is 0.250. The lowest BCUT2D eigenvalue weighted by Crippen LogP contribution is -2.30. The van der Waals surface area contributed by atoms with E-state index in [-0.39, 0.29) is 11.5 Å². The Morgan fingerprint density at radius 1 is 1.03 bits per heavy atom. The van der Waals surface area contributed by atoms with Crippen LogP contribution in [0.2, 0.25) is 0 Å². The molecule has 0 bridgehead atoms. The summed E-state index contributed by atoms with van der Waals surface area (Å²) in [6, 6.07) is 15.0. The third kappa shape index (κ3) is 3.36. The van der Waals surface area contributed by atoms with Crippen LogP contribution in [0.1, 0.15) is 31.7 Å². The molecule has 8 heteroatoms. The average molecular weight is 447 g/mol. The zero-order valence-electron chi connectivity index (χ0n) is 17.9. The molecule has 0 saturated carbocycles. The van der Waals surface area contributed by atoms with Crippen LogP contribution in [0.4, 0.5) is 5.69 Å². The Morgan fingerprint density at radius 3 is 2.56 bits per heavy atom. The van der Waals surface area contributed by atoms with E-state index in [0.29, 0.717) is 27.5 Å². The summed E-state index contributed by atoms with van der Waals surface area (Å²) in [6.07, 6.45) is 3.35. The minimum Gasteiger partial charge on any atom is -0.494 e. The van der Waals surface area contributed by atoms with Crippen molar-refractivity contribution in [2.45, 2.75) is 26.2 Å². The van der Waals surface area contributed by atoms with E-state index >= 15 is 0 Å². The molecule has 0 aliphatic carbocycles. The number of para-hydroxylation sites is 1. The summed E-state index contributed by atoms with van der Waals surface area (Å²) >= 11 is 1.19. The van der Waals surface area contributed by atoms with Gasteiger partial charge in [-0.05, 0) is 36.8 Å². The SMILES string of the molecule is CCCCCOc1ccc(-c2nc3sc(=C4C(=O)N(C)c5ccccc54)c(=O)n3n2)cc1. The van der Waals surface area contributed by atoms with Crippen LogP contribution in [0, 0.1) is 0 Å². The van der Waals surface area contributed by atoms with E-state index < -0.39 is 0 Å². The summed E-state index contributed by atoms with van der Waals surface area (Å²) in [5.74, 6) is 1.08. The van der Waals surface area contributed by atoms with Gasteiger partial charge in [-0.15, -0.1) is 5.10 Å². The van der Waals surface area contributed by atoms with Crippen molar-refractivity contribution >= 4 is 33.5 Å². The molecule has 2 aromatic heterocycles. The van der Waals surface area contributed by atoms with Gasteiger partial charge in [0.2, 0.25) is 4.96 Å². The van der Waals surface area contributed by atoms with Gasteiger partial charge >= 0.3 is 0 Å². The molecule has 1 aliphatic rings. The monoisotopic (exact) mass is 446 g/mol. The number of fused-ring (bicyclic) bond motifs is 2. The van der Waals surface area contributed by atoms with Gasteiger partial charge in [0.15, 0.2) is 5.82 Å². The van der Waals surface area contributed by atoms with E-state index in [4.69, 9.17) is 4.74 Å². The number of hydrogen-bond acceptors (Lipinski definition) is 6. The number of likely N-dealkylation sites (N-methyl/N-ethyl adjacent to an activating group) is 1. The summed E-state index contributed by atoms with van der Waals surface area (Å²) < 4.78 is 7.40. The molecule has 4 aromatic rings. The van der Waals surface area contributed by atoms with Crippen molar-refractivity contribution in [1.82, 2.24) is 14.6 Å². The van der Waals surface area contributed by atoms with E-state index in [9.17, 15) is 9.59 Å². The molecule has 1 amide bonds. The van der Waals surface area contributed by atoms with E-state index in [1.807, 2.05) is 48.5 Å². The Morgan fingerprint density at radius 2 is 1.81 bits per heavy atom. The van der Waals surface area contributed by atoms with Crippen LogP contribution in [0.3, 0.4) is 0 Å². The highest BCUT2D eigenvalue weighted by Crippen LogP contribution is 2.33. The topological polar surface area (TPSA) is 76.8 Å². The Bertz CT molecular complexity index is 1420. The maximum Gasteiger partial charge on any atom is 0.291 e. The molecule has 0 N–H and O–H groups in total. The Kier molecular flexibility index (Phi) is 5.22. The first-order valence-electron chi connectivity index (χ1n) is 10.6. The van der Waals surface area contributed by atoms with Gasteiger partial charge in [-0.2, -0.15) is 9.50 Å². The number of hydrogen-bond donors (Lipinski definition) is 0. The number of rotatable bonds is 6. The molecule has 5 rings (SSSR count). The molecule has 2 aromatic carbocycles. The fourth-order valence-electron chi connectivity index (χ4n) is 3.84.